The summed E-state index contributed by atoms with van der Waals surface area (Å²) in [5, 5.41) is 10.9. The maximum Gasteiger partial charge on any atom is 0.264 e. The van der Waals surface area contributed by atoms with Gasteiger partial charge in [-0.1, -0.05) is 60.4 Å². The van der Waals surface area contributed by atoms with Crippen molar-refractivity contribution >= 4 is 49.8 Å². The first kappa shape index (κ1) is 23.0. The Labute approximate surface area is 189 Å². The van der Waals surface area contributed by atoms with E-state index in [0.29, 0.717) is 17.5 Å². The lowest BCUT2D eigenvalue weighted by molar-refractivity contribution is -0.114. The molecule has 31 heavy (non-hydrogen) atoms. The zero-order valence-electron chi connectivity index (χ0n) is 17.0. The summed E-state index contributed by atoms with van der Waals surface area (Å²) in [5.41, 5.74) is 0.280. The number of carbonyl (C=O) groups is 1. The van der Waals surface area contributed by atoms with E-state index in [-0.39, 0.29) is 10.6 Å². The molecule has 0 atom stereocenters. The molecule has 0 fully saturated rings. The number of anilines is 2. The van der Waals surface area contributed by atoms with E-state index in [1.54, 1.807) is 49.4 Å². The van der Waals surface area contributed by atoms with Crippen LogP contribution in [-0.4, -0.2) is 43.4 Å². The van der Waals surface area contributed by atoms with Gasteiger partial charge in [-0.3, -0.25) is 14.4 Å². The number of benzene rings is 2. The summed E-state index contributed by atoms with van der Waals surface area (Å²) >= 11 is 2.75. The highest BCUT2D eigenvalue weighted by molar-refractivity contribution is 8.01. The first-order valence-corrected chi connectivity index (χ1v) is 12.8. The fraction of sp³-hybridized carbons (Fsp3) is 0.250. The molecule has 3 rings (SSSR count). The van der Waals surface area contributed by atoms with Gasteiger partial charge in [-0.2, -0.15) is 0 Å². The summed E-state index contributed by atoms with van der Waals surface area (Å²) in [6, 6.07) is 14.7. The van der Waals surface area contributed by atoms with Crippen molar-refractivity contribution in [1.29, 1.82) is 0 Å². The van der Waals surface area contributed by atoms with Crippen LogP contribution in [-0.2, 0) is 14.8 Å². The smallest absolute Gasteiger partial charge is 0.264 e. The summed E-state index contributed by atoms with van der Waals surface area (Å²) in [6.07, 6.45) is 0. The van der Waals surface area contributed by atoms with Crippen LogP contribution in [0.2, 0.25) is 0 Å². The van der Waals surface area contributed by atoms with Crippen LogP contribution in [0.3, 0.4) is 0 Å². The maximum absolute atomic E-state index is 13.4. The second-order valence-corrected chi connectivity index (χ2v) is 10.4. The molecule has 1 N–H and O–H groups in total. The second-order valence-electron chi connectivity index (χ2n) is 6.08. The van der Waals surface area contributed by atoms with Crippen molar-refractivity contribution in [3.63, 3.8) is 0 Å². The van der Waals surface area contributed by atoms with E-state index in [9.17, 15) is 13.2 Å². The number of carbonyl (C=O) groups excluding carboxylic acids is 1. The maximum atomic E-state index is 13.4. The van der Waals surface area contributed by atoms with Gasteiger partial charge in [0.15, 0.2) is 4.34 Å². The number of rotatable bonds is 10. The summed E-state index contributed by atoms with van der Waals surface area (Å²) in [5.74, 6) is 0.671. The fourth-order valence-electron chi connectivity index (χ4n) is 2.69. The summed E-state index contributed by atoms with van der Waals surface area (Å²) in [6.45, 7) is 3.70. The molecular formula is C20H22N4O4S3. The molecule has 0 saturated carbocycles. The number of nitrogens with one attached hydrogen (secondary N) is 1. The predicted octanol–water partition coefficient (Wildman–Crippen LogP) is 3.88. The minimum Gasteiger partial charge on any atom is -0.492 e. The van der Waals surface area contributed by atoms with Crippen LogP contribution in [0.25, 0.3) is 0 Å². The molecule has 1 aromatic heterocycles. The van der Waals surface area contributed by atoms with Gasteiger partial charge in [0.1, 0.15) is 12.3 Å². The highest BCUT2D eigenvalue weighted by atomic mass is 32.2. The lowest BCUT2D eigenvalue weighted by Gasteiger charge is -2.25. The number of ether oxygens (including phenoxy) is 1. The summed E-state index contributed by atoms with van der Waals surface area (Å²) in [7, 11) is -4.03. The van der Waals surface area contributed by atoms with Crippen molar-refractivity contribution in [3.8, 4) is 5.75 Å². The normalized spacial score (nSPS) is 11.2. The van der Waals surface area contributed by atoms with Crippen LogP contribution < -0.4 is 14.4 Å². The van der Waals surface area contributed by atoms with Crippen LogP contribution >= 0.6 is 23.1 Å². The van der Waals surface area contributed by atoms with Gasteiger partial charge < -0.3 is 4.74 Å². The molecule has 1 amide bonds. The molecule has 0 aliphatic carbocycles. The Kier molecular flexibility index (Phi) is 7.88. The Morgan fingerprint density at radius 1 is 1.10 bits per heavy atom. The van der Waals surface area contributed by atoms with Crippen LogP contribution in [0, 0.1) is 0 Å². The van der Waals surface area contributed by atoms with Gasteiger partial charge in [0.05, 0.1) is 17.2 Å². The van der Waals surface area contributed by atoms with Gasteiger partial charge in [0.25, 0.3) is 10.0 Å². The van der Waals surface area contributed by atoms with Crippen molar-refractivity contribution in [2.45, 2.75) is 23.1 Å². The number of aromatic nitrogens is 2. The zero-order valence-corrected chi connectivity index (χ0v) is 19.5. The molecule has 2 aromatic carbocycles. The molecule has 0 aliphatic rings. The SMILES string of the molecule is CCOc1ccccc1N(CC(=O)Nc1nnc(SCC)s1)S(=O)(=O)c1ccccc1. The van der Waals surface area contributed by atoms with Gasteiger partial charge >= 0.3 is 0 Å². The molecule has 3 aromatic rings. The average Bonchev–Trinajstić information content (AvgIpc) is 3.20. The highest BCUT2D eigenvalue weighted by Crippen LogP contribution is 2.32. The van der Waals surface area contributed by atoms with Crippen LogP contribution in [0.4, 0.5) is 10.8 Å². The number of hydrogen-bond donors (Lipinski definition) is 1. The molecular weight excluding hydrogens is 456 g/mol. The first-order chi connectivity index (χ1) is 15.0. The van der Waals surface area contributed by atoms with Crippen molar-refractivity contribution in [3.05, 3.63) is 54.6 Å². The minimum atomic E-state index is -4.03. The number of thioether (sulfide) groups is 1. The number of nitrogens with zero attached hydrogens (tertiary/aromatic N) is 3. The molecule has 0 spiro atoms. The second kappa shape index (κ2) is 10.6. The zero-order chi connectivity index (χ0) is 22.3. The Hall–Kier alpha value is -2.63. The Morgan fingerprint density at radius 2 is 1.81 bits per heavy atom. The number of para-hydroxylation sites is 2. The summed E-state index contributed by atoms with van der Waals surface area (Å²) in [4.78, 5) is 12.9. The molecule has 11 heteroatoms. The summed E-state index contributed by atoms with van der Waals surface area (Å²) < 4.78 is 34.3. The van der Waals surface area contributed by atoms with E-state index in [2.05, 4.69) is 15.5 Å². The van der Waals surface area contributed by atoms with Gasteiger partial charge in [-0.25, -0.2) is 8.42 Å². The van der Waals surface area contributed by atoms with Gasteiger partial charge in [-0.15, -0.1) is 10.2 Å². The Bertz CT molecular complexity index is 1120. The molecule has 0 radical (unpaired) electrons. The highest BCUT2D eigenvalue weighted by Gasteiger charge is 2.29. The molecule has 0 aliphatic heterocycles. The lowest BCUT2D eigenvalue weighted by Crippen LogP contribution is -2.38. The third-order valence-electron chi connectivity index (χ3n) is 3.97. The van der Waals surface area contributed by atoms with Crippen molar-refractivity contribution in [1.82, 2.24) is 10.2 Å². The Balaban J connectivity index is 1.93. The third kappa shape index (κ3) is 5.75. The number of hydrogen-bond acceptors (Lipinski definition) is 8. The predicted molar refractivity (Wildman–Crippen MR) is 124 cm³/mol. The molecule has 1 heterocycles. The van der Waals surface area contributed by atoms with Gasteiger partial charge in [0.2, 0.25) is 11.0 Å². The topological polar surface area (TPSA) is 101 Å². The van der Waals surface area contributed by atoms with E-state index in [0.717, 1.165) is 14.4 Å². The van der Waals surface area contributed by atoms with E-state index >= 15 is 0 Å². The molecule has 0 unspecified atom stereocenters. The Morgan fingerprint density at radius 3 is 2.52 bits per heavy atom. The van der Waals surface area contributed by atoms with Crippen LogP contribution in [0.5, 0.6) is 5.75 Å². The average molecular weight is 479 g/mol. The minimum absolute atomic E-state index is 0.0756. The largest absolute Gasteiger partial charge is 0.492 e. The van der Waals surface area contributed by atoms with Gasteiger partial charge in [-0.05, 0) is 36.9 Å². The van der Waals surface area contributed by atoms with E-state index in [1.807, 2.05) is 6.92 Å². The monoisotopic (exact) mass is 478 g/mol. The standard InChI is InChI=1S/C20H22N4O4S3/c1-3-28-17-13-9-8-12-16(17)24(31(26,27)15-10-6-5-7-11-15)14-18(25)21-19-22-23-20(30-19)29-4-2/h5-13H,3-4,14H2,1-2H3,(H,21,22,25). The number of amides is 1. The number of sulfonamides is 1. The van der Waals surface area contributed by atoms with E-state index in [1.165, 1.54) is 35.2 Å². The fourth-order valence-corrected chi connectivity index (χ4v) is 5.81. The quantitative estimate of drug-likeness (QED) is 0.348. The van der Waals surface area contributed by atoms with Crippen LogP contribution in [0.1, 0.15) is 13.8 Å². The lowest BCUT2D eigenvalue weighted by atomic mass is 10.3. The van der Waals surface area contributed by atoms with E-state index in [4.69, 9.17) is 4.74 Å². The van der Waals surface area contributed by atoms with Crippen molar-refractivity contribution < 1.29 is 17.9 Å². The molecule has 8 nitrogen and oxygen atoms in total. The van der Waals surface area contributed by atoms with Gasteiger partial charge in [0, 0.05) is 0 Å². The molecule has 0 bridgehead atoms. The van der Waals surface area contributed by atoms with Crippen molar-refractivity contribution in [2.24, 2.45) is 0 Å². The van der Waals surface area contributed by atoms with E-state index < -0.39 is 22.5 Å². The first-order valence-electron chi connectivity index (χ1n) is 9.51. The molecule has 164 valence electrons. The van der Waals surface area contributed by atoms with Crippen molar-refractivity contribution in [2.75, 3.05) is 28.5 Å². The van der Waals surface area contributed by atoms with Crippen LogP contribution in [0.15, 0.2) is 63.8 Å². The molecule has 0 saturated heterocycles. The third-order valence-corrected chi connectivity index (χ3v) is 7.60.